The van der Waals surface area contributed by atoms with Crippen molar-refractivity contribution in [2.75, 3.05) is 26.1 Å². The van der Waals surface area contributed by atoms with E-state index in [4.69, 9.17) is 9.47 Å². The van der Waals surface area contributed by atoms with Gasteiger partial charge in [0, 0.05) is 11.3 Å². The van der Waals surface area contributed by atoms with Crippen LogP contribution in [0.4, 0.5) is 10.5 Å². The van der Waals surface area contributed by atoms with Crippen LogP contribution in [0.25, 0.3) is 6.08 Å². The first-order valence-corrected chi connectivity index (χ1v) is 9.57. The molecule has 2 aromatic carbocycles. The maximum absolute atomic E-state index is 12.7. The van der Waals surface area contributed by atoms with E-state index in [0.29, 0.717) is 22.7 Å². The van der Waals surface area contributed by atoms with Crippen molar-refractivity contribution in [3.8, 4) is 11.5 Å². The van der Waals surface area contributed by atoms with Crippen molar-refractivity contribution >= 4 is 40.6 Å². The number of anilines is 1. The lowest BCUT2D eigenvalue weighted by Gasteiger charge is -2.12. The predicted octanol–water partition coefficient (Wildman–Crippen LogP) is 3.69. The zero-order valence-corrected chi connectivity index (χ0v) is 17.0. The van der Waals surface area contributed by atoms with E-state index < -0.39 is 17.1 Å². The number of nitrogens with one attached hydrogen (secondary N) is 1. The van der Waals surface area contributed by atoms with Gasteiger partial charge in [0.15, 0.2) is 0 Å². The Hall–Kier alpha value is -3.26. The SMILES string of the molecule is COc1ccc(OC)c(/C=C2/SC(=O)N(CC(=O)Nc3cccc(C)c3)C2=O)c1. The number of hydrogen-bond donors (Lipinski definition) is 1. The fraction of sp³-hybridized carbons (Fsp3) is 0.190. The molecule has 1 aliphatic rings. The summed E-state index contributed by atoms with van der Waals surface area (Å²) in [4.78, 5) is 38.4. The van der Waals surface area contributed by atoms with Gasteiger partial charge in [-0.2, -0.15) is 0 Å². The monoisotopic (exact) mass is 412 g/mol. The fourth-order valence-corrected chi connectivity index (χ4v) is 3.63. The molecule has 150 valence electrons. The lowest BCUT2D eigenvalue weighted by molar-refractivity contribution is -0.127. The number of nitrogens with zero attached hydrogens (tertiary/aromatic N) is 1. The van der Waals surface area contributed by atoms with E-state index in [1.54, 1.807) is 36.4 Å². The van der Waals surface area contributed by atoms with Crippen LogP contribution in [0.3, 0.4) is 0 Å². The van der Waals surface area contributed by atoms with E-state index >= 15 is 0 Å². The molecule has 0 aliphatic carbocycles. The highest BCUT2D eigenvalue weighted by Gasteiger charge is 2.36. The topological polar surface area (TPSA) is 84.9 Å². The summed E-state index contributed by atoms with van der Waals surface area (Å²) in [6.07, 6.45) is 1.56. The highest BCUT2D eigenvalue weighted by Crippen LogP contribution is 2.35. The predicted molar refractivity (Wildman–Crippen MR) is 112 cm³/mol. The van der Waals surface area contributed by atoms with Crippen LogP contribution in [0.2, 0.25) is 0 Å². The van der Waals surface area contributed by atoms with Crippen LogP contribution >= 0.6 is 11.8 Å². The Kier molecular flexibility index (Phi) is 6.23. The smallest absolute Gasteiger partial charge is 0.294 e. The van der Waals surface area contributed by atoms with E-state index in [9.17, 15) is 14.4 Å². The van der Waals surface area contributed by atoms with Crippen LogP contribution in [0, 0.1) is 6.92 Å². The van der Waals surface area contributed by atoms with Crippen molar-refractivity contribution in [3.05, 3.63) is 58.5 Å². The fourth-order valence-electron chi connectivity index (χ4n) is 2.80. The summed E-state index contributed by atoms with van der Waals surface area (Å²) < 4.78 is 10.5. The second kappa shape index (κ2) is 8.83. The number of hydrogen-bond acceptors (Lipinski definition) is 6. The number of rotatable bonds is 6. The molecule has 1 saturated heterocycles. The average molecular weight is 412 g/mol. The quantitative estimate of drug-likeness (QED) is 0.729. The minimum Gasteiger partial charge on any atom is -0.497 e. The van der Waals surface area contributed by atoms with Crippen molar-refractivity contribution in [1.29, 1.82) is 0 Å². The largest absolute Gasteiger partial charge is 0.497 e. The summed E-state index contributed by atoms with van der Waals surface area (Å²) in [6.45, 7) is 1.55. The molecular weight excluding hydrogens is 392 g/mol. The summed E-state index contributed by atoms with van der Waals surface area (Å²) >= 11 is 0.782. The van der Waals surface area contributed by atoms with Crippen molar-refractivity contribution in [2.45, 2.75) is 6.92 Å². The zero-order valence-electron chi connectivity index (χ0n) is 16.2. The minimum atomic E-state index is -0.524. The third kappa shape index (κ3) is 4.78. The maximum atomic E-state index is 12.7. The maximum Gasteiger partial charge on any atom is 0.294 e. The van der Waals surface area contributed by atoms with Crippen molar-refractivity contribution in [3.63, 3.8) is 0 Å². The Morgan fingerprint density at radius 1 is 1.14 bits per heavy atom. The molecule has 1 N–H and O–H groups in total. The van der Waals surface area contributed by atoms with Gasteiger partial charge in [0.1, 0.15) is 18.0 Å². The molecule has 0 atom stereocenters. The second-order valence-corrected chi connectivity index (χ2v) is 7.29. The molecule has 29 heavy (non-hydrogen) atoms. The first kappa shape index (κ1) is 20.5. The Labute approximate surface area is 172 Å². The molecule has 2 aromatic rings. The molecule has 0 spiro atoms. The van der Waals surface area contributed by atoms with Crippen molar-refractivity contribution in [1.82, 2.24) is 4.90 Å². The highest BCUT2D eigenvalue weighted by molar-refractivity contribution is 8.18. The Morgan fingerprint density at radius 3 is 2.62 bits per heavy atom. The van der Waals surface area contributed by atoms with E-state index in [1.165, 1.54) is 14.2 Å². The minimum absolute atomic E-state index is 0.213. The molecule has 3 rings (SSSR count). The summed E-state index contributed by atoms with van der Waals surface area (Å²) in [7, 11) is 3.05. The zero-order chi connectivity index (χ0) is 21.0. The number of carbonyl (C=O) groups excluding carboxylic acids is 3. The molecule has 8 heteroatoms. The van der Waals surface area contributed by atoms with Gasteiger partial charge < -0.3 is 14.8 Å². The molecule has 0 aromatic heterocycles. The van der Waals surface area contributed by atoms with Crippen LogP contribution < -0.4 is 14.8 Å². The molecular formula is C21H20N2O5S. The van der Waals surface area contributed by atoms with Crippen LogP contribution in [-0.2, 0) is 9.59 Å². The lowest BCUT2D eigenvalue weighted by atomic mass is 10.1. The van der Waals surface area contributed by atoms with Gasteiger partial charge in [-0.25, -0.2) is 0 Å². The number of benzene rings is 2. The summed E-state index contributed by atoms with van der Waals surface area (Å²) in [6, 6.07) is 12.4. The van der Waals surface area contributed by atoms with Gasteiger partial charge in [-0.3, -0.25) is 19.3 Å². The van der Waals surface area contributed by atoms with E-state index in [-0.39, 0.29) is 11.4 Å². The van der Waals surface area contributed by atoms with Gasteiger partial charge in [-0.1, -0.05) is 12.1 Å². The van der Waals surface area contributed by atoms with Gasteiger partial charge in [-0.05, 0) is 60.7 Å². The van der Waals surface area contributed by atoms with Gasteiger partial charge >= 0.3 is 0 Å². The first-order valence-electron chi connectivity index (χ1n) is 8.75. The van der Waals surface area contributed by atoms with Crippen LogP contribution in [0.15, 0.2) is 47.4 Å². The summed E-state index contributed by atoms with van der Waals surface area (Å²) in [5, 5.41) is 2.20. The van der Waals surface area contributed by atoms with E-state index in [0.717, 1.165) is 22.2 Å². The Bertz CT molecular complexity index is 1000. The normalized spacial score (nSPS) is 15.0. The Balaban J connectivity index is 1.76. The van der Waals surface area contributed by atoms with Crippen molar-refractivity contribution in [2.24, 2.45) is 0 Å². The number of imide groups is 1. The van der Waals surface area contributed by atoms with Gasteiger partial charge in [0.05, 0.1) is 19.1 Å². The molecule has 1 fully saturated rings. The van der Waals surface area contributed by atoms with Crippen LogP contribution in [-0.4, -0.2) is 42.7 Å². The first-order chi connectivity index (χ1) is 13.9. The third-order valence-corrected chi connectivity index (χ3v) is 5.11. The van der Waals surface area contributed by atoms with Crippen molar-refractivity contribution < 1.29 is 23.9 Å². The average Bonchev–Trinajstić information content (AvgIpc) is 2.95. The standard InChI is InChI=1S/C21H20N2O5S/c1-13-5-4-6-15(9-13)22-19(24)12-23-20(25)18(29-21(23)26)11-14-10-16(27-2)7-8-17(14)28-3/h4-11H,12H2,1-3H3,(H,22,24)/b18-11+. The van der Waals surface area contributed by atoms with Crippen LogP contribution in [0.5, 0.6) is 11.5 Å². The molecule has 1 aliphatic heterocycles. The van der Waals surface area contributed by atoms with E-state index in [2.05, 4.69) is 5.32 Å². The van der Waals surface area contributed by atoms with Gasteiger partial charge in [0.2, 0.25) is 5.91 Å². The Morgan fingerprint density at radius 2 is 1.93 bits per heavy atom. The molecule has 7 nitrogen and oxygen atoms in total. The molecule has 0 bridgehead atoms. The van der Waals surface area contributed by atoms with Crippen LogP contribution in [0.1, 0.15) is 11.1 Å². The number of methoxy groups -OCH3 is 2. The molecule has 0 radical (unpaired) electrons. The summed E-state index contributed by atoms with van der Waals surface area (Å²) in [5.74, 6) is 0.158. The number of carbonyl (C=O) groups is 3. The molecule has 0 saturated carbocycles. The van der Waals surface area contributed by atoms with Gasteiger partial charge in [0.25, 0.3) is 11.1 Å². The molecule has 3 amide bonds. The number of thioether (sulfide) groups is 1. The van der Waals surface area contributed by atoms with E-state index in [1.807, 2.05) is 19.1 Å². The number of ether oxygens (including phenoxy) is 2. The third-order valence-electron chi connectivity index (χ3n) is 4.20. The highest BCUT2D eigenvalue weighted by atomic mass is 32.2. The summed E-state index contributed by atoms with van der Waals surface area (Å²) in [5.41, 5.74) is 2.20. The molecule has 0 unspecified atom stereocenters. The number of amides is 3. The lowest BCUT2D eigenvalue weighted by Crippen LogP contribution is -2.36. The second-order valence-electron chi connectivity index (χ2n) is 6.29. The molecule has 1 heterocycles. The van der Waals surface area contributed by atoms with Gasteiger partial charge in [-0.15, -0.1) is 0 Å². The number of aryl methyl sites for hydroxylation is 1.